The number of hydrogen-bond donors (Lipinski definition) is 0. The molecule has 0 heterocycles. The number of Topliss-reactive ketones (excluding diaryl/α,β-unsaturated/α-hetero) is 1. The maximum Gasteiger partial charge on any atom is 0.165 e. The minimum absolute atomic E-state index is 0.133. The van der Waals surface area contributed by atoms with E-state index in [1.165, 1.54) is 0 Å². The summed E-state index contributed by atoms with van der Waals surface area (Å²) in [5.41, 5.74) is 0.974. The minimum atomic E-state index is -0.439. The highest BCUT2D eigenvalue weighted by molar-refractivity contribution is 5.92. The van der Waals surface area contributed by atoms with Gasteiger partial charge in [-0.3, -0.25) is 4.79 Å². The average molecular weight is 242 g/mol. The lowest BCUT2D eigenvalue weighted by molar-refractivity contribution is -0.130. The van der Waals surface area contributed by atoms with Crippen LogP contribution in [0.15, 0.2) is 42.5 Å². The zero-order chi connectivity index (χ0) is 13.0. The van der Waals surface area contributed by atoms with Gasteiger partial charge in [-0.15, -0.1) is 0 Å². The molecule has 0 saturated carbocycles. The number of carbonyl (C=O) groups excluding carboxylic acids is 1. The Morgan fingerprint density at radius 1 is 1.11 bits per heavy atom. The summed E-state index contributed by atoms with van der Waals surface area (Å²) in [7, 11) is 0. The van der Waals surface area contributed by atoms with Crippen molar-refractivity contribution < 1.29 is 9.53 Å². The van der Waals surface area contributed by atoms with Gasteiger partial charge >= 0.3 is 0 Å². The summed E-state index contributed by atoms with van der Waals surface area (Å²) in [6.45, 7) is 4.33. The van der Waals surface area contributed by atoms with Crippen LogP contribution in [0.1, 0.15) is 31.9 Å². The summed E-state index contributed by atoms with van der Waals surface area (Å²) in [4.78, 5) is 12.0. The van der Waals surface area contributed by atoms with Gasteiger partial charge in [0, 0.05) is 13.0 Å². The van der Waals surface area contributed by atoms with Crippen molar-refractivity contribution in [3.63, 3.8) is 0 Å². The fourth-order valence-electron chi connectivity index (χ4n) is 2.19. The molecule has 0 fully saturated rings. The van der Waals surface area contributed by atoms with Crippen LogP contribution in [0.25, 0.3) is 10.8 Å². The second-order valence-electron chi connectivity index (χ2n) is 4.22. The number of ether oxygens (including phenoxy) is 1. The first-order valence-corrected chi connectivity index (χ1v) is 6.39. The van der Waals surface area contributed by atoms with E-state index in [9.17, 15) is 4.79 Å². The Balaban J connectivity index is 2.53. The fourth-order valence-corrected chi connectivity index (χ4v) is 2.19. The maximum absolute atomic E-state index is 12.0. The third-order valence-corrected chi connectivity index (χ3v) is 3.08. The first-order valence-electron chi connectivity index (χ1n) is 6.39. The van der Waals surface area contributed by atoms with E-state index in [0.29, 0.717) is 13.0 Å². The minimum Gasteiger partial charge on any atom is -0.366 e. The Morgan fingerprint density at radius 3 is 2.56 bits per heavy atom. The van der Waals surface area contributed by atoms with E-state index in [2.05, 4.69) is 12.1 Å². The number of rotatable bonds is 5. The third-order valence-electron chi connectivity index (χ3n) is 3.08. The van der Waals surface area contributed by atoms with Gasteiger partial charge in [-0.25, -0.2) is 0 Å². The average Bonchev–Trinajstić information content (AvgIpc) is 2.43. The van der Waals surface area contributed by atoms with Crippen molar-refractivity contribution in [2.75, 3.05) is 6.61 Å². The highest BCUT2D eigenvalue weighted by Gasteiger charge is 2.20. The van der Waals surface area contributed by atoms with Gasteiger partial charge in [0.2, 0.25) is 0 Å². The van der Waals surface area contributed by atoms with Crippen LogP contribution in [0.5, 0.6) is 0 Å². The lowest BCUT2D eigenvalue weighted by atomic mass is 9.97. The molecule has 0 aliphatic rings. The van der Waals surface area contributed by atoms with Crippen LogP contribution >= 0.6 is 0 Å². The Labute approximate surface area is 108 Å². The molecule has 94 valence electrons. The van der Waals surface area contributed by atoms with Gasteiger partial charge < -0.3 is 4.74 Å². The van der Waals surface area contributed by atoms with Gasteiger partial charge in [0.25, 0.3) is 0 Å². The Kier molecular flexibility index (Phi) is 4.11. The van der Waals surface area contributed by atoms with Crippen LogP contribution in [-0.4, -0.2) is 12.4 Å². The predicted octanol–water partition coefficient (Wildman–Crippen LogP) is 3.90. The number of hydrogen-bond acceptors (Lipinski definition) is 2. The quantitative estimate of drug-likeness (QED) is 0.795. The van der Waals surface area contributed by atoms with E-state index in [-0.39, 0.29) is 5.78 Å². The highest BCUT2D eigenvalue weighted by Crippen LogP contribution is 2.28. The molecular formula is C16H18O2. The SMILES string of the molecule is CCOC(C(=O)CC)c1cccc2ccccc12. The van der Waals surface area contributed by atoms with Gasteiger partial charge in [-0.1, -0.05) is 49.4 Å². The second kappa shape index (κ2) is 5.78. The smallest absolute Gasteiger partial charge is 0.165 e. The first-order chi connectivity index (χ1) is 8.77. The lowest BCUT2D eigenvalue weighted by Gasteiger charge is -2.17. The second-order valence-corrected chi connectivity index (χ2v) is 4.22. The standard InChI is InChI=1S/C16H18O2/c1-3-15(17)16(18-4-2)14-11-7-9-12-8-5-6-10-13(12)14/h5-11,16H,3-4H2,1-2H3. The van der Waals surface area contributed by atoms with Crippen molar-refractivity contribution in [1.82, 2.24) is 0 Å². The maximum atomic E-state index is 12.0. The molecule has 0 bridgehead atoms. The van der Waals surface area contributed by atoms with E-state index in [4.69, 9.17) is 4.74 Å². The van der Waals surface area contributed by atoms with Gasteiger partial charge in [0.05, 0.1) is 0 Å². The van der Waals surface area contributed by atoms with Crippen molar-refractivity contribution in [1.29, 1.82) is 0 Å². The number of ketones is 1. The monoisotopic (exact) mass is 242 g/mol. The molecule has 0 radical (unpaired) electrons. The van der Waals surface area contributed by atoms with Crippen molar-refractivity contribution in [2.45, 2.75) is 26.4 Å². The molecule has 0 aliphatic heterocycles. The summed E-state index contributed by atoms with van der Waals surface area (Å²) in [6.07, 6.45) is 0.0551. The molecule has 0 aliphatic carbocycles. The molecule has 2 aromatic rings. The molecule has 18 heavy (non-hydrogen) atoms. The lowest BCUT2D eigenvalue weighted by Crippen LogP contribution is -2.15. The number of fused-ring (bicyclic) bond motifs is 1. The normalized spacial score (nSPS) is 12.6. The summed E-state index contributed by atoms with van der Waals surface area (Å²) in [6, 6.07) is 14.1. The largest absolute Gasteiger partial charge is 0.366 e. The van der Waals surface area contributed by atoms with Crippen LogP contribution in [0.4, 0.5) is 0 Å². The summed E-state index contributed by atoms with van der Waals surface area (Å²) in [5.74, 6) is 0.133. The predicted molar refractivity (Wildman–Crippen MR) is 73.6 cm³/mol. The van der Waals surface area contributed by atoms with E-state index in [1.807, 2.05) is 44.2 Å². The van der Waals surface area contributed by atoms with Crippen molar-refractivity contribution >= 4 is 16.6 Å². The molecule has 1 unspecified atom stereocenters. The molecule has 0 spiro atoms. The molecular weight excluding hydrogens is 224 g/mol. The van der Waals surface area contributed by atoms with Crippen molar-refractivity contribution in [3.05, 3.63) is 48.0 Å². The molecule has 0 saturated heterocycles. The molecule has 2 heteroatoms. The zero-order valence-electron chi connectivity index (χ0n) is 10.8. The molecule has 2 rings (SSSR count). The number of carbonyl (C=O) groups is 1. The summed E-state index contributed by atoms with van der Waals surface area (Å²) in [5, 5.41) is 2.24. The Hall–Kier alpha value is -1.67. The summed E-state index contributed by atoms with van der Waals surface area (Å²) >= 11 is 0. The van der Waals surface area contributed by atoms with Crippen LogP contribution in [-0.2, 0) is 9.53 Å². The van der Waals surface area contributed by atoms with E-state index in [1.54, 1.807) is 0 Å². The van der Waals surface area contributed by atoms with Crippen molar-refractivity contribution in [3.8, 4) is 0 Å². The van der Waals surface area contributed by atoms with Gasteiger partial charge in [-0.2, -0.15) is 0 Å². The third kappa shape index (κ3) is 2.44. The molecule has 0 aromatic heterocycles. The molecule has 0 N–H and O–H groups in total. The number of benzene rings is 2. The Bertz CT molecular complexity index is 540. The molecule has 2 nitrogen and oxygen atoms in total. The van der Waals surface area contributed by atoms with Crippen LogP contribution < -0.4 is 0 Å². The Morgan fingerprint density at radius 2 is 1.83 bits per heavy atom. The van der Waals surface area contributed by atoms with E-state index >= 15 is 0 Å². The molecule has 0 amide bonds. The first kappa shape index (κ1) is 12.8. The van der Waals surface area contributed by atoms with E-state index < -0.39 is 6.10 Å². The highest BCUT2D eigenvalue weighted by atomic mass is 16.5. The van der Waals surface area contributed by atoms with Crippen LogP contribution in [0.3, 0.4) is 0 Å². The molecule has 2 aromatic carbocycles. The van der Waals surface area contributed by atoms with Gasteiger partial charge in [0.15, 0.2) is 5.78 Å². The fraction of sp³-hybridized carbons (Fsp3) is 0.312. The zero-order valence-corrected chi connectivity index (χ0v) is 10.8. The van der Waals surface area contributed by atoms with Crippen LogP contribution in [0.2, 0.25) is 0 Å². The van der Waals surface area contributed by atoms with E-state index in [0.717, 1.165) is 16.3 Å². The summed E-state index contributed by atoms with van der Waals surface area (Å²) < 4.78 is 5.64. The van der Waals surface area contributed by atoms with Gasteiger partial charge in [0.1, 0.15) is 6.10 Å². The topological polar surface area (TPSA) is 26.3 Å². The van der Waals surface area contributed by atoms with Crippen LogP contribution in [0, 0.1) is 0 Å². The molecule has 1 atom stereocenters. The van der Waals surface area contributed by atoms with Gasteiger partial charge in [-0.05, 0) is 23.3 Å². The van der Waals surface area contributed by atoms with Crippen molar-refractivity contribution in [2.24, 2.45) is 0 Å².